The molecular formula is C26H21ClFN3O2S. The highest BCUT2D eigenvalue weighted by atomic mass is 35.5. The van der Waals surface area contributed by atoms with Crippen molar-refractivity contribution in [2.45, 2.75) is 36.7 Å². The molecule has 3 aromatic carbocycles. The number of aliphatic imine (C=N–C) groups is 1. The standard InChI is InChI=1S/C26H21ClFN3O2S/c1-3-24-30-26(34(32,33)18-11-8-16(2)9-12-18)23-15-29-25(19-6-4-5-7-21(19)28)20-14-17(27)10-13-22(20)31(23)24/h4-14H,3,15H2,1-2H3. The minimum absolute atomic E-state index is 0.0173. The third-order valence-electron chi connectivity index (χ3n) is 5.88. The summed E-state index contributed by atoms with van der Waals surface area (Å²) in [4.78, 5) is 9.43. The van der Waals surface area contributed by atoms with Gasteiger partial charge in [-0.1, -0.05) is 48.4 Å². The Bertz CT molecular complexity index is 1560. The lowest BCUT2D eigenvalue weighted by Gasteiger charge is -2.14. The number of halogens is 2. The van der Waals surface area contributed by atoms with Crippen LogP contribution >= 0.6 is 11.6 Å². The fraction of sp³-hybridized carbons (Fsp3) is 0.154. The molecule has 5 nitrogen and oxygen atoms in total. The summed E-state index contributed by atoms with van der Waals surface area (Å²) in [6, 6.07) is 18.3. The van der Waals surface area contributed by atoms with Crippen LogP contribution in [0.1, 0.15) is 35.1 Å². The molecule has 0 radical (unpaired) electrons. The molecule has 0 bridgehead atoms. The molecule has 0 amide bonds. The number of aromatic nitrogens is 2. The molecule has 1 aliphatic heterocycles. The number of hydrogen-bond acceptors (Lipinski definition) is 4. The summed E-state index contributed by atoms with van der Waals surface area (Å²) in [5.74, 6) is 0.161. The summed E-state index contributed by atoms with van der Waals surface area (Å²) in [5.41, 5.74) is 3.41. The van der Waals surface area contributed by atoms with Crippen molar-refractivity contribution in [3.05, 3.63) is 106 Å². The molecule has 34 heavy (non-hydrogen) atoms. The minimum atomic E-state index is -3.90. The predicted octanol–water partition coefficient (Wildman–Crippen LogP) is 5.72. The van der Waals surface area contributed by atoms with Crippen LogP contribution in [0.3, 0.4) is 0 Å². The Hall–Kier alpha value is -3.29. The Balaban J connectivity index is 1.79. The first-order valence-corrected chi connectivity index (χ1v) is 12.7. The van der Waals surface area contributed by atoms with Crippen molar-refractivity contribution in [3.63, 3.8) is 0 Å². The summed E-state index contributed by atoms with van der Waals surface area (Å²) < 4.78 is 43.9. The third-order valence-corrected chi connectivity index (χ3v) is 7.84. The first-order chi connectivity index (χ1) is 16.3. The molecule has 172 valence electrons. The van der Waals surface area contributed by atoms with Crippen LogP contribution in [0.15, 0.2) is 81.6 Å². The van der Waals surface area contributed by atoms with Crippen molar-refractivity contribution in [2.24, 2.45) is 4.99 Å². The number of fused-ring (bicyclic) bond motifs is 3. The predicted molar refractivity (Wildman–Crippen MR) is 130 cm³/mol. The van der Waals surface area contributed by atoms with Crippen molar-refractivity contribution < 1.29 is 12.8 Å². The highest BCUT2D eigenvalue weighted by molar-refractivity contribution is 7.91. The lowest BCUT2D eigenvalue weighted by atomic mass is 10.00. The zero-order chi connectivity index (χ0) is 24.0. The van der Waals surface area contributed by atoms with Gasteiger partial charge in [-0.3, -0.25) is 9.56 Å². The van der Waals surface area contributed by atoms with E-state index in [0.717, 1.165) is 5.56 Å². The van der Waals surface area contributed by atoms with E-state index in [1.807, 2.05) is 18.4 Å². The van der Waals surface area contributed by atoms with Crippen LogP contribution in [0, 0.1) is 12.7 Å². The maximum absolute atomic E-state index is 14.8. The van der Waals surface area contributed by atoms with Gasteiger partial charge in [-0.05, 0) is 49.4 Å². The van der Waals surface area contributed by atoms with Crippen LogP contribution in [0.5, 0.6) is 0 Å². The second kappa shape index (κ2) is 8.49. The van der Waals surface area contributed by atoms with Gasteiger partial charge in [0.15, 0.2) is 5.03 Å². The third kappa shape index (κ3) is 3.65. The van der Waals surface area contributed by atoms with Crippen LogP contribution in [0.4, 0.5) is 4.39 Å². The maximum Gasteiger partial charge on any atom is 0.225 e. The number of benzene rings is 3. The summed E-state index contributed by atoms with van der Waals surface area (Å²) in [6.45, 7) is 3.83. The quantitative estimate of drug-likeness (QED) is 0.365. The average molecular weight is 494 g/mol. The Morgan fingerprint density at radius 1 is 1.03 bits per heavy atom. The van der Waals surface area contributed by atoms with E-state index in [2.05, 4.69) is 4.98 Å². The highest BCUT2D eigenvalue weighted by Crippen LogP contribution is 2.34. The molecule has 0 unspecified atom stereocenters. The molecule has 0 spiro atoms. The van der Waals surface area contributed by atoms with E-state index in [-0.39, 0.29) is 16.5 Å². The van der Waals surface area contributed by atoms with E-state index < -0.39 is 15.7 Å². The van der Waals surface area contributed by atoms with Crippen LogP contribution in [-0.2, 0) is 22.8 Å². The summed E-state index contributed by atoms with van der Waals surface area (Å²) >= 11 is 6.32. The van der Waals surface area contributed by atoms with Crippen molar-refractivity contribution >= 4 is 27.1 Å². The van der Waals surface area contributed by atoms with Gasteiger partial charge in [0.2, 0.25) is 9.84 Å². The van der Waals surface area contributed by atoms with Crippen molar-refractivity contribution in [1.82, 2.24) is 9.55 Å². The molecule has 4 aromatic rings. The molecule has 8 heteroatoms. The van der Waals surface area contributed by atoms with Crippen molar-refractivity contribution in [3.8, 4) is 5.69 Å². The fourth-order valence-electron chi connectivity index (χ4n) is 4.20. The van der Waals surface area contributed by atoms with E-state index in [0.29, 0.717) is 45.5 Å². The van der Waals surface area contributed by atoms with E-state index in [1.165, 1.54) is 6.07 Å². The highest BCUT2D eigenvalue weighted by Gasteiger charge is 2.32. The van der Waals surface area contributed by atoms with Gasteiger partial charge in [-0.15, -0.1) is 0 Å². The number of nitrogens with zero attached hydrogens (tertiary/aromatic N) is 3. The molecule has 2 heterocycles. The first kappa shape index (κ1) is 22.5. The van der Waals surface area contributed by atoms with E-state index >= 15 is 0 Å². The lowest BCUT2D eigenvalue weighted by Crippen LogP contribution is -2.10. The van der Waals surface area contributed by atoms with Gasteiger partial charge in [0.1, 0.15) is 11.6 Å². The molecule has 0 N–H and O–H groups in total. The molecule has 0 atom stereocenters. The van der Waals surface area contributed by atoms with Crippen LogP contribution in [0.25, 0.3) is 5.69 Å². The van der Waals surface area contributed by atoms with Gasteiger partial charge in [-0.25, -0.2) is 17.8 Å². The van der Waals surface area contributed by atoms with Crippen molar-refractivity contribution in [2.75, 3.05) is 0 Å². The molecule has 1 aliphatic rings. The molecule has 0 aliphatic carbocycles. The van der Waals surface area contributed by atoms with Gasteiger partial charge in [-0.2, -0.15) is 0 Å². The monoisotopic (exact) mass is 493 g/mol. The van der Waals surface area contributed by atoms with Gasteiger partial charge < -0.3 is 0 Å². The minimum Gasteiger partial charge on any atom is -0.297 e. The number of hydrogen-bond donors (Lipinski definition) is 0. The molecular weight excluding hydrogens is 473 g/mol. The Morgan fingerprint density at radius 2 is 1.76 bits per heavy atom. The summed E-state index contributed by atoms with van der Waals surface area (Å²) in [5, 5.41) is 0.435. The number of sulfone groups is 1. The zero-order valence-electron chi connectivity index (χ0n) is 18.6. The molecule has 5 rings (SSSR count). The van der Waals surface area contributed by atoms with Gasteiger partial charge in [0.05, 0.1) is 28.5 Å². The Labute approximate surface area is 202 Å². The smallest absolute Gasteiger partial charge is 0.225 e. The second-order valence-corrected chi connectivity index (χ2v) is 10.4. The second-order valence-electron chi connectivity index (χ2n) is 8.09. The first-order valence-electron chi connectivity index (χ1n) is 10.8. The van der Waals surface area contributed by atoms with E-state index in [4.69, 9.17) is 16.6 Å². The van der Waals surface area contributed by atoms with Gasteiger partial charge in [0, 0.05) is 22.6 Å². The van der Waals surface area contributed by atoms with Crippen LogP contribution < -0.4 is 0 Å². The summed E-state index contributed by atoms with van der Waals surface area (Å²) in [6.07, 6.45) is 0.494. The van der Waals surface area contributed by atoms with Gasteiger partial charge >= 0.3 is 0 Å². The fourth-order valence-corrected chi connectivity index (χ4v) is 5.78. The van der Waals surface area contributed by atoms with Crippen LogP contribution in [-0.4, -0.2) is 23.7 Å². The topological polar surface area (TPSA) is 64.3 Å². The Kier molecular flexibility index (Phi) is 5.62. The van der Waals surface area contributed by atoms with Crippen molar-refractivity contribution in [1.29, 1.82) is 0 Å². The van der Waals surface area contributed by atoms with E-state index in [9.17, 15) is 12.8 Å². The number of aryl methyl sites for hydroxylation is 2. The molecule has 0 fully saturated rings. The van der Waals surface area contributed by atoms with Gasteiger partial charge in [0.25, 0.3) is 0 Å². The molecule has 1 aromatic heterocycles. The van der Waals surface area contributed by atoms with Crippen LogP contribution in [0.2, 0.25) is 5.02 Å². The normalized spacial score (nSPS) is 13.1. The lowest BCUT2D eigenvalue weighted by molar-refractivity contribution is 0.591. The zero-order valence-corrected chi connectivity index (χ0v) is 20.2. The average Bonchev–Trinajstić information content (AvgIpc) is 3.12. The number of imidazole rings is 1. The largest absolute Gasteiger partial charge is 0.297 e. The number of rotatable bonds is 4. The van der Waals surface area contributed by atoms with E-state index in [1.54, 1.807) is 60.7 Å². The SMILES string of the molecule is CCc1nc(S(=O)(=O)c2ccc(C)cc2)c2n1-c1ccc(Cl)cc1C(c1ccccc1F)=NC2. The summed E-state index contributed by atoms with van der Waals surface area (Å²) in [7, 11) is -3.90. The Morgan fingerprint density at radius 3 is 2.47 bits per heavy atom. The molecule has 0 saturated heterocycles. The molecule has 0 saturated carbocycles. The maximum atomic E-state index is 14.8.